The lowest BCUT2D eigenvalue weighted by Crippen LogP contribution is -2.40. The van der Waals surface area contributed by atoms with E-state index in [9.17, 15) is 0 Å². The molecule has 3 aromatic rings. The molecule has 0 aliphatic carbocycles. The van der Waals surface area contributed by atoms with Gasteiger partial charge in [-0.05, 0) is 29.8 Å². The molecule has 0 atom stereocenters. The Morgan fingerprint density at radius 2 is 1.85 bits per heavy atom. The van der Waals surface area contributed by atoms with E-state index in [2.05, 4.69) is 33.9 Å². The van der Waals surface area contributed by atoms with E-state index in [0.29, 0.717) is 6.54 Å². The highest BCUT2D eigenvalue weighted by molar-refractivity contribution is 7.80. The minimum Gasteiger partial charge on any atom is -0.497 e. The molecular formula is C18H18N6OS. The summed E-state index contributed by atoms with van der Waals surface area (Å²) in [5, 5.41) is 11.4. The normalized spacial score (nSPS) is 13.5. The van der Waals surface area contributed by atoms with Crippen LogP contribution in [0.25, 0.3) is 5.69 Å². The van der Waals surface area contributed by atoms with Gasteiger partial charge < -0.3 is 4.74 Å². The van der Waals surface area contributed by atoms with Gasteiger partial charge in [0.1, 0.15) is 10.8 Å². The summed E-state index contributed by atoms with van der Waals surface area (Å²) < 4.78 is 6.99. The molecule has 26 heavy (non-hydrogen) atoms. The number of para-hydroxylation sites is 1. The smallest absolute Gasteiger partial charge is 0.177 e. The van der Waals surface area contributed by atoms with Gasteiger partial charge in [0.2, 0.25) is 0 Å². The number of hydrogen-bond donors (Lipinski definition) is 3. The van der Waals surface area contributed by atoms with Crippen molar-refractivity contribution in [3.63, 3.8) is 0 Å². The van der Waals surface area contributed by atoms with Crippen LogP contribution in [0.5, 0.6) is 5.75 Å². The zero-order chi connectivity index (χ0) is 17.9. The molecule has 8 heteroatoms. The Morgan fingerprint density at radius 1 is 1.08 bits per heavy atom. The van der Waals surface area contributed by atoms with Crippen LogP contribution in [-0.4, -0.2) is 27.7 Å². The zero-order valence-corrected chi connectivity index (χ0v) is 15.0. The third-order valence-corrected chi connectivity index (χ3v) is 4.52. The van der Waals surface area contributed by atoms with Crippen molar-refractivity contribution >= 4 is 18.5 Å². The first kappa shape index (κ1) is 16.5. The summed E-state index contributed by atoms with van der Waals surface area (Å²) >= 11 is 4.66. The number of hydrogen-bond acceptors (Lipinski definition) is 7. The van der Waals surface area contributed by atoms with Gasteiger partial charge in [0, 0.05) is 0 Å². The van der Waals surface area contributed by atoms with E-state index in [0.717, 1.165) is 33.4 Å². The Balaban J connectivity index is 1.58. The van der Waals surface area contributed by atoms with Gasteiger partial charge in [-0.1, -0.05) is 30.3 Å². The lowest BCUT2D eigenvalue weighted by Gasteiger charge is -2.19. The molecule has 4 rings (SSSR count). The first-order valence-corrected chi connectivity index (χ1v) is 8.52. The van der Waals surface area contributed by atoms with E-state index in [1.807, 2.05) is 59.6 Å². The lowest BCUT2D eigenvalue weighted by atomic mass is 10.2. The van der Waals surface area contributed by atoms with Crippen molar-refractivity contribution in [2.24, 2.45) is 5.10 Å². The van der Waals surface area contributed by atoms with Crippen LogP contribution >= 0.6 is 12.6 Å². The van der Waals surface area contributed by atoms with E-state index in [1.54, 1.807) is 18.0 Å². The van der Waals surface area contributed by atoms with Crippen LogP contribution in [0.1, 0.15) is 11.1 Å². The van der Waals surface area contributed by atoms with Gasteiger partial charge in [0.15, 0.2) is 5.84 Å². The fraction of sp³-hybridized carbons (Fsp3) is 0.111. The largest absolute Gasteiger partial charge is 0.497 e. The van der Waals surface area contributed by atoms with Crippen LogP contribution in [0, 0.1) is 0 Å². The third-order valence-electron chi connectivity index (χ3n) is 4.09. The molecule has 0 fully saturated rings. The molecular weight excluding hydrogens is 348 g/mol. The maximum atomic E-state index is 5.20. The summed E-state index contributed by atoms with van der Waals surface area (Å²) in [4.78, 5) is 0. The van der Waals surface area contributed by atoms with Crippen LogP contribution in [0.3, 0.4) is 0 Å². The Labute approximate surface area is 156 Å². The van der Waals surface area contributed by atoms with Gasteiger partial charge in [-0.15, -0.1) is 23.3 Å². The Hall–Kier alpha value is -2.97. The predicted octanol–water partition coefficient (Wildman–Crippen LogP) is 2.36. The number of nitrogens with zero attached hydrogens (tertiary/aromatic N) is 4. The predicted molar refractivity (Wildman–Crippen MR) is 102 cm³/mol. The van der Waals surface area contributed by atoms with Crippen molar-refractivity contribution in [3.8, 4) is 11.4 Å². The standard InChI is InChI=1S/C18H18N6OS/c1-25-15-9-7-13(8-10-15)12-23-17(20-21-22-23)16-11-19-24(18(16)26)14-5-3-2-4-6-14/h2-11,21-22,26H,12H2,1H3. The molecule has 1 aromatic heterocycles. The first-order chi connectivity index (χ1) is 12.8. The number of aromatic nitrogens is 2. The molecule has 0 amide bonds. The van der Waals surface area contributed by atoms with E-state index < -0.39 is 0 Å². The average molecular weight is 366 g/mol. The maximum Gasteiger partial charge on any atom is 0.177 e. The van der Waals surface area contributed by atoms with Crippen LogP contribution in [0.15, 0.2) is 70.9 Å². The highest BCUT2D eigenvalue weighted by Crippen LogP contribution is 2.22. The van der Waals surface area contributed by atoms with E-state index in [4.69, 9.17) is 4.74 Å². The number of amidine groups is 1. The van der Waals surface area contributed by atoms with Gasteiger partial charge in [0.25, 0.3) is 0 Å². The quantitative estimate of drug-likeness (QED) is 0.605. The lowest BCUT2D eigenvalue weighted by molar-refractivity contribution is 0.287. The summed E-state index contributed by atoms with van der Waals surface area (Å²) in [6, 6.07) is 17.8. The topological polar surface area (TPSA) is 66.7 Å². The van der Waals surface area contributed by atoms with Crippen LogP contribution in [0.2, 0.25) is 0 Å². The molecule has 2 heterocycles. The fourth-order valence-electron chi connectivity index (χ4n) is 2.74. The minimum atomic E-state index is 0.625. The average Bonchev–Trinajstić information content (AvgIpc) is 3.29. The number of benzene rings is 2. The molecule has 0 radical (unpaired) electrons. The summed E-state index contributed by atoms with van der Waals surface area (Å²) in [7, 11) is 1.66. The molecule has 0 saturated carbocycles. The Bertz CT molecular complexity index is 923. The van der Waals surface area contributed by atoms with E-state index in [1.165, 1.54) is 0 Å². The number of hydrazine groups is 2. The molecule has 7 nitrogen and oxygen atoms in total. The van der Waals surface area contributed by atoms with Crippen LogP contribution in [-0.2, 0) is 6.54 Å². The molecule has 0 bridgehead atoms. The SMILES string of the molecule is COc1ccc(CN2NNN=C2c2cnn(-c3ccccc3)c2S)cc1. The van der Waals surface area contributed by atoms with E-state index >= 15 is 0 Å². The number of thiol groups is 1. The fourth-order valence-corrected chi connectivity index (χ4v) is 3.07. The van der Waals surface area contributed by atoms with Gasteiger partial charge in [0.05, 0.1) is 31.1 Å². The van der Waals surface area contributed by atoms with Crippen LogP contribution in [0.4, 0.5) is 0 Å². The molecule has 132 valence electrons. The number of ether oxygens (including phenoxy) is 1. The molecule has 0 unspecified atom stereocenters. The number of methoxy groups -OCH3 is 1. The molecule has 1 aliphatic rings. The second-order valence-electron chi connectivity index (χ2n) is 5.72. The summed E-state index contributed by atoms with van der Waals surface area (Å²) in [6.45, 7) is 0.625. The van der Waals surface area contributed by atoms with Gasteiger partial charge in [-0.2, -0.15) is 5.10 Å². The van der Waals surface area contributed by atoms with Gasteiger partial charge in [-0.25, -0.2) is 10.2 Å². The second-order valence-corrected chi connectivity index (χ2v) is 6.15. The minimum absolute atomic E-state index is 0.625. The van der Waals surface area contributed by atoms with Crippen molar-refractivity contribution in [1.29, 1.82) is 0 Å². The highest BCUT2D eigenvalue weighted by Gasteiger charge is 2.24. The molecule has 0 spiro atoms. The summed E-state index contributed by atoms with van der Waals surface area (Å²) in [5.41, 5.74) is 8.75. The first-order valence-electron chi connectivity index (χ1n) is 8.08. The van der Waals surface area contributed by atoms with Gasteiger partial charge >= 0.3 is 0 Å². The van der Waals surface area contributed by atoms with Crippen molar-refractivity contribution < 1.29 is 4.74 Å². The van der Waals surface area contributed by atoms with Crippen LogP contribution < -0.4 is 15.8 Å². The molecule has 1 aliphatic heterocycles. The van der Waals surface area contributed by atoms with Crippen molar-refractivity contribution in [2.45, 2.75) is 11.6 Å². The highest BCUT2D eigenvalue weighted by atomic mass is 32.1. The zero-order valence-electron chi connectivity index (χ0n) is 14.1. The number of hydrazone groups is 1. The summed E-state index contributed by atoms with van der Waals surface area (Å²) in [6.07, 6.45) is 1.77. The maximum absolute atomic E-state index is 5.20. The molecule has 0 saturated heterocycles. The molecule has 2 aromatic carbocycles. The van der Waals surface area contributed by atoms with Gasteiger partial charge in [-0.3, -0.25) is 5.01 Å². The van der Waals surface area contributed by atoms with Crippen molar-refractivity contribution in [3.05, 3.63) is 71.9 Å². The number of rotatable bonds is 5. The van der Waals surface area contributed by atoms with Crippen molar-refractivity contribution in [1.82, 2.24) is 25.9 Å². The second kappa shape index (κ2) is 7.11. The Morgan fingerprint density at radius 3 is 2.58 bits per heavy atom. The monoisotopic (exact) mass is 366 g/mol. The molecule has 2 N–H and O–H groups in total. The summed E-state index contributed by atoms with van der Waals surface area (Å²) in [5.74, 6) is 1.56. The third kappa shape index (κ3) is 3.12. The Kier molecular flexibility index (Phi) is 4.51. The van der Waals surface area contributed by atoms with E-state index in [-0.39, 0.29) is 0 Å². The van der Waals surface area contributed by atoms with Crippen molar-refractivity contribution in [2.75, 3.05) is 7.11 Å². The number of nitrogens with one attached hydrogen (secondary N) is 2.